The van der Waals surface area contributed by atoms with Crippen LogP contribution in [0.1, 0.15) is 79.3 Å². The van der Waals surface area contributed by atoms with Crippen LogP contribution in [0.4, 0.5) is 0 Å². The number of Topliss-reactive ketones (excluding diaryl/α,β-unsaturated/α-hetero) is 1. The number of hydrogen-bond acceptors (Lipinski definition) is 5. The minimum atomic E-state index is -0.549. The molecule has 3 aromatic rings. The molecule has 3 aliphatic rings. The van der Waals surface area contributed by atoms with E-state index in [0.717, 1.165) is 36.3 Å². The van der Waals surface area contributed by atoms with Crippen LogP contribution < -0.4 is 18.9 Å². The third-order valence-electron chi connectivity index (χ3n) is 9.38. The standard InChI is InChI=1S/C34H38O5/c1-36-25-15-17-28(30(21-25)38-23-29(35)24-11-5-3-6-12-24)34-20-10-7-13-32(34)33(18-8-4-9-19-33)27-16-14-26(37-2)22-31(27)39-34/h3,5-6,11-12,14-17,21-22,32H,4,7-10,13,18-20,23H2,1-2H3/t32-,34-/m0/s1. The van der Waals surface area contributed by atoms with Crippen LogP contribution in [0.15, 0.2) is 66.7 Å². The van der Waals surface area contributed by atoms with Gasteiger partial charge in [-0.25, -0.2) is 0 Å². The van der Waals surface area contributed by atoms with E-state index in [2.05, 4.69) is 24.3 Å². The minimum Gasteiger partial charge on any atom is -0.497 e. The van der Waals surface area contributed by atoms with E-state index in [1.54, 1.807) is 14.2 Å². The van der Waals surface area contributed by atoms with E-state index in [4.69, 9.17) is 18.9 Å². The van der Waals surface area contributed by atoms with Crippen molar-refractivity contribution in [2.45, 2.75) is 68.8 Å². The Morgan fingerprint density at radius 1 is 0.821 bits per heavy atom. The third kappa shape index (κ3) is 4.46. The number of benzene rings is 3. The Bertz CT molecular complexity index is 1330. The second-order valence-electron chi connectivity index (χ2n) is 11.3. The van der Waals surface area contributed by atoms with Crippen molar-refractivity contribution < 1.29 is 23.7 Å². The van der Waals surface area contributed by atoms with Crippen LogP contribution in [0.5, 0.6) is 23.0 Å². The van der Waals surface area contributed by atoms with E-state index in [0.29, 0.717) is 23.0 Å². The summed E-state index contributed by atoms with van der Waals surface area (Å²) >= 11 is 0. The van der Waals surface area contributed by atoms with Gasteiger partial charge in [-0.1, -0.05) is 62.1 Å². The van der Waals surface area contributed by atoms with Gasteiger partial charge in [-0.3, -0.25) is 4.79 Å². The maximum absolute atomic E-state index is 13.0. The lowest BCUT2D eigenvalue weighted by Crippen LogP contribution is -2.57. The Hall–Kier alpha value is -3.47. The molecule has 2 atom stereocenters. The maximum atomic E-state index is 13.0. The Kier molecular flexibility index (Phi) is 7.01. The van der Waals surface area contributed by atoms with Gasteiger partial charge in [0.1, 0.15) is 28.6 Å². The lowest BCUT2D eigenvalue weighted by Gasteiger charge is -2.58. The monoisotopic (exact) mass is 526 g/mol. The summed E-state index contributed by atoms with van der Waals surface area (Å²) < 4.78 is 24.8. The van der Waals surface area contributed by atoms with Crippen molar-refractivity contribution in [1.82, 2.24) is 0 Å². The molecule has 2 fully saturated rings. The van der Waals surface area contributed by atoms with Gasteiger partial charge in [0.05, 0.1) is 14.2 Å². The predicted octanol–water partition coefficient (Wildman–Crippen LogP) is 7.65. The first-order valence-electron chi connectivity index (χ1n) is 14.4. The molecule has 5 heteroatoms. The fourth-order valence-corrected chi connectivity index (χ4v) is 7.62. The number of methoxy groups -OCH3 is 2. The Morgan fingerprint density at radius 2 is 1.51 bits per heavy atom. The first-order chi connectivity index (χ1) is 19.1. The Balaban J connectivity index is 1.46. The molecule has 204 valence electrons. The topological polar surface area (TPSA) is 54.0 Å². The fourth-order valence-electron chi connectivity index (χ4n) is 7.62. The van der Waals surface area contributed by atoms with Gasteiger partial charge in [0.15, 0.2) is 12.4 Å². The lowest BCUT2D eigenvalue weighted by atomic mass is 9.51. The zero-order chi connectivity index (χ0) is 26.9. The summed E-state index contributed by atoms with van der Waals surface area (Å²) in [5, 5.41) is 0. The summed E-state index contributed by atoms with van der Waals surface area (Å²) in [4.78, 5) is 13.0. The summed E-state index contributed by atoms with van der Waals surface area (Å²) in [6, 6.07) is 21.8. The number of carbonyl (C=O) groups excluding carboxylic acids is 1. The minimum absolute atomic E-state index is 0.0412. The highest BCUT2D eigenvalue weighted by Gasteiger charge is 2.59. The number of ketones is 1. The summed E-state index contributed by atoms with van der Waals surface area (Å²) in [6.45, 7) is -0.0412. The molecule has 0 radical (unpaired) electrons. The second kappa shape index (κ2) is 10.6. The Morgan fingerprint density at radius 3 is 2.26 bits per heavy atom. The molecule has 5 nitrogen and oxygen atoms in total. The molecule has 1 aliphatic heterocycles. The SMILES string of the molecule is COc1ccc2c(c1)O[C@]1(c3ccc(OC)cc3OCC(=O)c3ccccc3)CCCC[C@H]1C21CCCCC1. The van der Waals surface area contributed by atoms with E-state index in [1.165, 1.54) is 44.1 Å². The average molecular weight is 527 g/mol. The number of rotatable bonds is 7. The van der Waals surface area contributed by atoms with Gasteiger partial charge >= 0.3 is 0 Å². The van der Waals surface area contributed by atoms with Crippen LogP contribution in [0, 0.1) is 5.92 Å². The number of carbonyl (C=O) groups is 1. The van der Waals surface area contributed by atoms with Gasteiger partial charge in [-0.05, 0) is 50.3 Å². The quantitative estimate of drug-likeness (QED) is 0.296. The highest BCUT2D eigenvalue weighted by Crippen LogP contribution is 2.64. The van der Waals surface area contributed by atoms with Crippen LogP contribution in [-0.2, 0) is 11.0 Å². The van der Waals surface area contributed by atoms with Gasteiger partial charge in [0, 0.05) is 40.2 Å². The number of ether oxygens (including phenoxy) is 4. The van der Waals surface area contributed by atoms with Gasteiger partial charge < -0.3 is 18.9 Å². The molecular weight excluding hydrogens is 488 g/mol. The number of hydrogen-bond donors (Lipinski definition) is 0. The molecule has 1 heterocycles. The summed E-state index contributed by atoms with van der Waals surface area (Å²) in [6.07, 6.45) is 10.4. The molecule has 2 saturated carbocycles. The lowest BCUT2D eigenvalue weighted by molar-refractivity contribution is -0.0961. The second-order valence-corrected chi connectivity index (χ2v) is 11.3. The largest absolute Gasteiger partial charge is 0.497 e. The van der Waals surface area contributed by atoms with Crippen LogP contribution >= 0.6 is 0 Å². The van der Waals surface area contributed by atoms with E-state index in [-0.39, 0.29) is 17.8 Å². The van der Waals surface area contributed by atoms with Crippen LogP contribution in [0.2, 0.25) is 0 Å². The molecule has 6 rings (SSSR count). The number of fused-ring (bicyclic) bond motifs is 4. The molecule has 0 aromatic heterocycles. The molecular formula is C34H38O5. The van der Waals surface area contributed by atoms with Crippen molar-refractivity contribution in [3.05, 3.63) is 83.4 Å². The van der Waals surface area contributed by atoms with E-state index < -0.39 is 5.60 Å². The van der Waals surface area contributed by atoms with Crippen LogP contribution in [-0.4, -0.2) is 26.6 Å². The van der Waals surface area contributed by atoms with Crippen molar-refractivity contribution in [2.75, 3.05) is 20.8 Å². The molecule has 0 unspecified atom stereocenters. The molecule has 0 bridgehead atoms. The molecule has 39 heavy (non-hydrogen) atoms. The van der Waals surface area contributed by atoms with Gasteiger partial charge in [-0.15, -0.1) is 0 Å². The fraction of sp³-hybridized carbons (Fsp3) is 0.441. The zero-order valence-corrected chi connectivity index (χ0v) is 23.0. The summed E-state index contributed by atoms with van der Waals surface area (Å²) in [7, 11) is 3.37. The Labute approximate surface area is 231 Å². The first-order valence-corrected chi connectivity index (χ1v) is 14.4. The molecule has 3 aromatic carbocycles. The average Bonchev–Trinajstić information content (AvgIpc) is 3.00. The first kappa shape index (κ1) is 25.8. The molecule has 2 aliphatic carbocycles. The molecule has 0 saturated heterocycles. The highest BCUT2D eigenvalue weighted by molar-refractivity contribution is 5.97. The van der Waals surface area contributed by atoms with Crippen molar-refractivity contribution in [1.29, 1.82) is 0 Å². The summed E-state index contributed by atoms with van der Waals surface area (Å²) in [5.74, 6) is 3.38. The van der Waals surface area contributed by atoms with Crippen molar-refractivity contribution in [3.63, 3.8) is 0 Å². The van der Waals surface area contributed by atoms with Crippen LogP contribution in [0.3, 0.4) is 0 Å². The van der Waals surface area contributed by atoms with Gasteiger partial charge in [0.25, 0.3) is 0 Å². The maximum Gasteiger partial charge on any atom is 0.200 e. The third-order valence-corrected chi connectivity index (χ3v) is 9.38. The van der Waals surface area contributed by atoms with Gasteiger partial charge in [0.2, 0.25) is 0 Å². The van der Waals surface area contributed by atoms with E-state index in [9.17, 15) is 4.79 Å². The van der Waals surface area contributed by atoms with Crippen molar-refractivity contribution in [2.24, 2.45) is 5.92 Å². The van der Waals surface area contributed by atoms with Crippen LogP contribution in [0.25, 0.3) is 0 Å². The smallest absolute Gasteiger partial charge is 0.200 e. The normalized spacial score (nSPS) is 23.2. The molecule has 0 amide bonds. The highest BCUT2D eigenvalue weighted by atomic mass is 16.5. The van der Waals surface area contributed by atoms with E-state index >= 15 is 0 Å². The van der Waals surface area contributed by atoms with Crippen molar-refractivity contribution >= 4 is 5.78 Å². The van der Waals surface area contributed by atoms with Crippen molar-refractivity contribution in [3.8, 4) is 23.0 Å². The molecule has 0 N–H and O–H groups in total. The predicted molar refractivity (Wildman–Crippen MR) is 151 cm³/mol. The van der Waals surface area contributed by atoms with E-state index in [1.807, 2.05) is 42.5 Å². The summed E-state index contributed by atoms with van der Waals surface area (Å²) in [5.41, 5.74) is 2.50. The molecule has 1 spiro atoms. The zero-order valence-electron chi connectivity index (χ0n) is 23.0. The van der Waals surface area contributed by atoms with Gasteiger partial charge in [-0.2, -0.15) is 0 Å².